The number of likely N-dealkylation sites (tertiary alicyclic amines) is 1. The molecule has 1 atom stereocenters. The van der Waals surface area contributed by atoms with Crippen molar-refractivity contribution in [1.29, 1.82) is 0 Å². The van der Waals surface area contributed by atoms with Crippen LogP contribution in [0.2, 0.25) is 0 Å². The fourth-order valence-corrected chi connectivity index (χ4v) is 4.49. The Labute approximate surface area is 125 Å². The van der Waals surface area contributed by atoms with Crippen LogP contribution in [0.1, 0.15) is 71.6 Å². The Balaban J connectivity index is 1.51. The summed E-state index contributed by atoms with van der Waals surface area (Å²) in [5.74, 6) is 0.779. The summed E-state index contributed by atoms with van der Waals surface area (Å²) in [6, 6.07) is 1.61. The van der Waals surface area contributed by atoms with Gasteiger partial charge in [0.25, 0.3) is 0 Å². The van der Waals surface area contributed by atoms with E-state index in [1.54, 1.807) is 0 Å². The van der Waals surface area contributed by atoms with Gasteiger partial charge in [-0.2, -0.15) is 0 Å². The van der Waals surface area contributed by atoms with Gasteiger partial charge in [-0.15, -0.1) is 0 Å². The standard InChI is InChI=1S/C18H34N2/c1-15(2)17(14-19-16-6-7-16)20-12-10-18(11-13-20)8-4-3-5-9-18/h15-17,19H,3-14H2,1-2H3. The second-order valence-electron chi connectivity index (χ2n) is 8.09. The molecule has 1 heterocycles. The van der Waals surface area contributed by atoms with Gasteiger partial charge in [-0.1, -0.05) is 33.1 Å². The van der Waals surface area contributed by atoms with Gasteiger partial charge in [-0.3, -0.25) is 4.90 Å². The molecule has 2 heteroatoms. The maximum Gasteiger partial charge on any atom is 0.0243 e. The van der Waals surface area contributed by atoms with Crippen LogP contribution in [0.3, 0.4) is 0 Å². The van der Waals surface area contributed by atoms with Gasteiger partial charge in [0.1, 0.15) is 0 Å². The number of piperidine rings is 1. The van der Waals surface area contributed by atoms with E-state index in [0.717, 1.165) is 23.4 Å². The molecule has 2 nitrogen and oxygen atoms in total. The summed E-state index contributed by atoms with van der Waals surface area (Å²) in [5.41, 5.74) is 0.750. The summed E-state index contributed by atoms with van der Waals surface area (Å²) in [6.07, 6.45) is 13.3. The molecule has 0 aromatic heterocycles. The van der Waals surface area contributed by atoms with Crippen LogP contribution in [0.4, 0.5) is 0 Å². The lowest BCUT2D eigenvalue weighted by Crippen LogP contribution is -2.51. The molecule has 1 saturated heterocycles. The minimum Gasteiger partial charge on any atom is -0.312 e. The van der Waals surface area contributed by atoms with Crippen LogP contribution in [-0.2, 0) is 0 Å². The predicted molar refractivity (Wildman–Crippen MR) is 86.0 cm³/mol. The monoisotopic (exact) mass is 278 g/mol. The highest BCUT2D eigenvalue weighted by molar-refractivity contribution is 4.92. The molecule has 116 valence electrons. The summed E-state index contributed by atoms with van der Waals surface area (Å²) in [7, 11) is 0. The van der Waals surface area contributed by atoms with Crippen molar-refractivity contribution in [2.45, 2.75) is 83.7 Å². The molecule has 0 aromatic carbocycles. The normalized spacial score (nSPS) is 28.9. The molecule has 2 saturated carbocycles. The quantitative estimate of drug-likeness (QED) is 0.822. The zero-order valence-corrected chi connectivity index (χ0v) is 13.7. The molecule has 3 fully saturated rings. The second-order valence-corrected chi connectivity index (χ2v) is 8.09. The average Bonchev–Trinajstić information content (AvgIpc) is 3.26. The first-order valence-corrected chi connectivity index (χ1v) is 9.16. The van der Waals surface area contributed by atoms with Gasteiger partial charge >= 0.3 is 0 Å². The summed E-state index contributed by atoms with van der Waals surface area (Å²) in [5, 5.41) is 3.76. The van der Waals surface area contributed by atoms with Crippen LogP contribution in [0.25, 0.3) is 0 Å². The highest BCUT2D eigenvalue weighted by Crippen LogP contribution is 2.44. The van der Waals surface area contributed by atoms with Crippen molar-refractivity contribution in [3.8, 4) is 0 Å². The first kappa shape index (κ1) is 14.8. The molecular weight excluding hydrogens is 244 g/mol. The maximum absolute atomic E-state index is 3.76. The highest BCUT2D eigenvalue weighted by atomic mass is 15.2. The molecule has 1 aliphatic heterocycles. The third kappa shape index (κ3) is 3.57. The third-order valence-electron chi connectivity index (χ3n) is 6.20. The fraction of sp³-hybridized carbons (Fsp3) is 1.00. The fourth-order valence-electron chi connectivity index (χ4n) is 4.49. The van der Waals surface area contributed by atoms with Gasteiger partial charge in [0.2, 0.25) is 0 Å². The van der Waals surface area contributed by atoms with E-state index >= 15 is 0 Å². The van der Waals surface area contributed by atoms with E-state index in [9.17, 15) is 0 Å². The molecule has 1 spiro atoms. The maximum atomic E-state index is 3.76. The van der Waals surface area contributed by atoms with Crippen molar-refractivity contribution in [3.05, 3.63) is 0 Å². The van der Waals surface area contributed by atoms with Crippen LogP contribution < -0.4 is 5.32 Å². The Morgan fingerprint density at radius 2 is 1.65 bits per heavy atom. The smallest absolute Gasteiger partial charge is 0.0243 e. The molecular formula is C18H34N2. The molecule has 0 bridgehead atoms. The van der Waals surface area contributed by atoms with E-state index in [1.165, 1.54) is 77.4 Å². The van der Waals surface area contributed by atoms with Crippen molar-refractivity contribution in [2.75, 3.05) is 19.6 Å². The van der Waals surface area contributed by atoms with E-state index in [0.29, 0.717) is 0 Å². The van der Waals surface area contributed by atoms with E-state index in [-0.39, 0.29) is 0 Å². The SMILES string of the molecule is CC(C)C(CNC1CC1)N1CCC2(CCCCC2)CC1. The Morgan fingerprint density at radius 1 is 1.00 bits per heavy atom. The van der Waals surface area contributed by atoms with Crippen molar-refractivity contribution in [3.63, 3.8) is 0 Å². The minimum atomic E-state index is 0.750. The number of rotatable bonds is 5. The lowest BCUT2D eigenvalue weighted by atomic mass is 9.68. The molecule has 2 aliphatic carbocycles. The van der Waals surface area contributed by atoms with Gasteiger partial charge in [-0.05, 0) is 62.9 Å². The Hall–Kier alpha value is -0.0800. The van der Waals surface area contributed by atoms with Gasteiger partial charge in [0.05, 0.1) is 0 Å². The number of hydrogen-bond donors (Lipinski definition) is 1. The second kappa shape index (κ2) is 6.36. The zero-order valence-electron chi connectivity index (χ0n) is 13.7. The van der Waals surface area contributed by atoms with Crippen LogP contribution in [0.15, 0.2) is 0 Å². The van der Waals surface area contributed by atoms with E-state index in [1.807, 2.05) is 0 Å². The van der Waals surface area contributed by atoms with E-state index in [2.05, 4.69) is 24.1 Å². The van der Waals surface area contributed by atoms with Crippen LogP contribution in [-0.4, -0.2) is 36.6 Å². The topological polar surface area (TPSA) is 15.3 Å². The predicted octanol–water partition coefficient (Wildman–Crippen LogP) is 3.81. The molecule has 20 heavy (non-hydrogen) atoms. The van der Waals surface area contributed by atoms with Crippen molar-refractivity contribution in [1.82, 2.24) is 10.2 Å². The Bertz CT molecular complexity index is 293. The summed E-state index contributed by atoms with van der Waals surface area (Å²) >= 11 is 0. The third-order valence-corrected chi connectivity index (χ3v) is 6.20. The van der Waals surface area contributed by atoms with Crippen molar-refractivity contribution in [2.24, 2.45) is 11.3 Å². The van der Waals surface area contributed by atoms with Crippen LogP contribution >= 0.6 is 0 Å². The van der Waals surface area contributed by atoms with Crippen LogP contribution in [0, 0.1) is 11.3 Å². The number of nitrogens with one attached hydrogen (secondary N) is 1. The average molecular weight is 278 g/mol. The van der Waals surface area contributed by atoms with E-state index < -0.39 is 0 Å². The van der Waals surface area contributed by atoms with Gasteiger partial charge in [0.15, 0.2) is 0 Å². The highest BCUT2D eigenvalue weighted by Gasteiger charge is 2.37. The molecule has 3 rings (SSSR count). The van der Waals surface area contributed by atoms with Gasteiger partial charge < -0.3 is 5.32 Å². The lowest BCUT2D eigenvalue weighted by Gasteiger charge is -2.47. The van der Waals surface area contributed by atoms with Crippen LogP contribution in [0.5, 0.6) is 0 Å². The first-order chi connectivity index (χ1) is 9.69. The van der Waals surface area contributed by atoms with Gasteiger partial charge in [-0.25, -0.2) is 0 Å². The number of hydrogen-bond acceptors (Lipinski definition) is 2. The van der Waals surface area contributed by atoms with Gasteiger partial charge in [0, 0.05) is 18.6 Å². The lowest BCUT2D eigenvalue weighted by molar-refractivity contribution is 0.0328. The Morgan fingerprint density at radius 3 is 2.20 bits per heavy atom. The largest absolute Gasteiger partial charge is 0.312 e. The summed E-state index contributed by atoms with van der Waals surface area (Å²) in [6.45, 7) is 8.74. The first-order valence-electron chi connectivity index (χ1n) is 9.16. The Kier molecular flexibility index (Phi) is 4.72. The zero-order chi connectivity index (χ0) is 14.0. The molecule has 0 radical (unpaired) electrons. The molecule has 0 amide bonds. The molecule has 1 N–H and O–H groups in total. The van der Waals surface area contributed by atoms with E-state index in [4.69, 9.17) is 0 Å². The number of nitrogens with zero attached hydrogens (tertiary/aromatic N) is 1. The summed E-state index contributed by atoms with van der Waals surface area (Å²) in [4.78, 5) is 2.81. The molecule has 0 aromatic rings. The molecule has 1 unspecified atom stereocenters. The van der Waals surface area contributed by atoms with Crippen molar-refractivity contribution < 1.29 is 0 Å². The molecule has 3 aliphatic rings. The minimum absolute atomic E-state index is 0.750. The summed E-state index contributed by atoms with van der Waals surface area (Å²) < 4.78 is 0. The van der Waals surface area contributed by atoms with Crippen molar-refractivity contribution >= 4 is 0 Å².